The Bertz CT molecular complexity index is 1100. The highest BCUT2D eigenvalue weighted by molar-refractivity contribution is 5.70. The van der Waals surface area contributed by atoms with Crippen LogP contribution in [-0.2, 0) is 38.0 Å². The van der Waals surface area contributed by atoms with Crippen molar-refractivity contribution in [1.29, 1.82) is 0 Å². The van der Waals surface area contributed by atoms with Gasteiger partial charge in [0.25, 0.3) is 0 Å². The molecule has 0 aromatic rings. The standard InChI is InChI=1S/C47H88O15/c1-3-5-7-9-11-12-13-14-15-16-17-18-19-20-21-22-24-25-27-29-38(49)57-32-35(60-39(50)30-28-26-23-10-8-6-4-2)33-58-46-45(56)43(54)41(52)37(62-46)34-59-47-44(55)42(53)40(51)36(31-48)61-47/h35-37,40-48,51-56H,3-34H2,1-2H3/t35-,36+,37+,40-,41-,42?,43?,44?,45?,46+,47+/m0/s1. The van der Waals surface area contributed by atoms with Crippen LogP contribution >= 0.6 is 0 Å². The van der Waals surface area contributed by atoms with Crippen LogP contribution in [0.1, 0.15) is 194 Å². The molecule has 2 aliphatic rings. The van der Waals surface area contributed by atoms with Crippen LogP contribution in [-0.4, -0.2) is 142 Å². The van der Waals surface area contributed by atoms with Crippen molar-refractivity contribution in [2.45, 2.75) is 261 Å². The molecule has 15 nitrogen and oxygen atoms in total. The molecule has 0 amide bonds. The Morgan fingerprint density at radius 2 is 0.823 bits per heavy atom. The zero-order valence-electron chi connectivity index (χ0n) is 38.4. The average molecular weight is 893 g/mol. The van der Waals surface area contributed by atoms with Crippen molar-refractivity contribution in [1.82, 2.24) is 0 Å². The largest absolute Gasteiger partial charge is 0.462 e. The number of ether oxygens (including phenoxy) is 6. The Hall–Kier alpha value is -1.50. The van der Waals surface area contributed by atoms with Crippen molar-refractivity contribution in [3.8, 4) is 0 Å². The monoisotopic (exact) mass is 893 g/mol. The van der Waals surface area contributed by atoms with E-state index in [-0.39, 0.29) is 26.1 Å². The number of esters is 2. The van der Waals surface area contributed by atoms with Crippen LogP contribution in [0.2, 0.25) is 0 Å². The highest BCUT2D eigenvalue weighted by atomic mass is 16.7. The van der Waals surface area contributed by atoms with E-state index < -0.39 is 92.7 Å². The van der Waals surface area contributed by atoms with Gasteiger partial charge < -0.3 is 64.2 Å². The van der Waals surface area contributed by atoms with Gasteiger partial charge in [-0.2, -0.15) is 0 Å². The normalized spacial score (nSPS) is 27.0. The molecule has 0 bridgehead atoms. The molecule has 2 fully saturated rings. The lowest BCUT2D eigenvalue weighted by Gasteiger charge is -2.42. The number of carbonyl (C=O) groups is 2. The fourth-order valence-corrected chi connectivity index (χ4v) is 7.98. The van der Waals surface area contributed by atoms with Crippen LogP contribution in [0.25, 0.3) is 0 Å². The molecule has 11 atom stereocenters. The van der Waals surface area contributed by atoms with Crippen molar-refractivity contribution in [3.63, 3.8) is 0 Å². The molecule has 15 heteroatoms. The highest BCUT2D eigenvalue weighted by Crippen LogP contribution is 2.26. The Labute approximate surface area is 372 Å². The summed E-state index contributed by atoms with van der Waals surface area (Å²) in [4.78, 5) is 25.5. The van der Waals surface area contributed by atoms with Gasteiger partial charge in [-0.3, -0.25) is 9.59 Å². The van der Waals surface area contributed by atoms with Gasteiger partial charge in [-0.25, -0.2) is 0 Å². The van der Waals surface area contributed by atoms with E-state index in [1.54, 1.807) is 0 Å². The summed E-state index contributed by atoms with van der Waals surface area (Å²) >= 11 is 0. The maximum absolute atomic E-state index is 12.8. The van der Waals surface area contributed by atoms with E-state index in [1.165, 1.54) is 103 Å². The number of aliphatic hydroxyl groups excluding tert-OH is 7. The SMILES string of the molecule is CCCCCCCCCCCCCCCCCCCCCC(=O)OC[C@@H](CO[C@@H]1O[C@H](CO[C@@H]2O[C@H](CO)[C@H](O)C(O)C2O)[C@H](O)C(O)C1O)OC(=O)CCCCCCCCC. The van der Waals surface area contributed by atoms with Crippen LogP contribution in [0.15, 0.2) is 0 Å². The summed E-state index contributed by atoms with van der Waals surface area (Å²) < 4.78 is 33.4. The molecule has 2 saturated heterocycles. The quantitative estimate of drug-likeness (QED) is 0.0277. The van der Waals surface area contributed by atoms with Crippen molar-refractivity contribution in [2.75, 3.05) is 26.4 Å². The maximum Gasteiger partial charge on any atom is 0.306 e. The van der Waals surface area contributed by atoms with Crippen LogP contribution in [0.3, 0.4) is 0 Å². The van der Waals surface area contributed by atoms with Gasteiger partial charge in [0.15, 0.2) is 18.7 Å². The van der Waals surface area contributed by atoms with E-state index >= 15 is 0 Å². The molecule has 2 aliphatic heterocycles. The summed E-state index contributed by atoms with van der Waals surface area (Å²) in [6.45, 7) is 2.55. The molecule has 2 heterocycles. The Kier molecular flexibility index (Phi) is 32.6. The molecule has 0 spiro atoms. The van der Waals surface area contributed by atoms with E-state index in [9.17, 15) is 45.3 Å². The molecular weight excluding hydrogens is 805 g/mol. The van der Waals surface area contributed by atoms with Crippen LogP contribution < -0.4 is 0 Å². The molecule has 7 N–H and O–H groups in total. The molecule has 0 radical (unpaired) electrons. The third-order valence-corrected chi connectivity index (χ3v) is 12.1. The summed E-state index contributed by atoms with van der Waals surface area (Å²) in [6.07, 6.45) is 14.6. The summed E-state index contributed by atoms with van der Waals surface area (Å²) in [5, 5.41) is 71.8. The van der Waals surface area contributed by atoms with Gasteiger partial charge in [0.1, 0.15) is 55.4 Å². The van der Waals surface area contributed by atoms with Crippen LogP contribution in [0.5, 0.6) is 0 Å². The molecule has 4 unspecified atom stereocenters. The molecule has 62 heavy (non-hydrogen) atoms. The molecule has 2 rings (SSSR count). The number of unbranched alkanes of at least 4 members (excludes halogenated alkanes) is 24. The third kappa shape index (κ3) is 24.1. The van der Waals surface area contributed by atoms with Gasteiger partial charge in [0.05, 0.1) is 19.8 Å². The maximum atomic E-state index is 12.8. The van der Waals surface area contributed by atoms with E-state index in [0.29, 0.717) is 12.8 Å². The van der Waals surface area contributed by atoms with Crippen LogP contribution in [0.4, 0.5) is 0 Å². The van der Waals surface area contributed by atoms with Crippen molar-refractivity contribution < 1.29 is 73.8 Å². The van der Waals surface area contributed by atoms with E-state index in [1.807, 2.05) is 0 Å². The second-order valence-corrected chi connectivity index (χ2v) is 17.7. The van der Waals surface area contributed by atoms with Crippen molar-refractivity contribution in [2.24, 2.45) is 0 Å². The predicted molar refractivity (Wildman–Crippen MR) is 234 cm³/mol. The number of hydrogen-bond acceptors (Lipinski definition) is 15. The molecule has 366 valence electrons. The third-order valence-electron chi connectivity index (χ3n) is 12.1. The van der Waals surface area contributed by atoms with Gasteiger partial charge in [-0.05, 0) is 12.8 Å². The Morgan fingerprint density at radius 1 is 0.452 bits per heavy atom. The zero-order chi connectivity index (χ0) is 45.4. The fraction of sp³-hybridized carbons (Fsp3) is 0.957. The van der Waals surface area contributed by atoms with E-state index in [4.69, 9.17) is 28.4 Å². The predicted octanol–water partition coefficient (Wildman–Crippen LogP) is 6.04. The highest BCUT2D eigenvalue weighted by Gasteiger charge is 2.47. The second-order valence-electron chi connectivity index (χ2n) is 17.7. The number of rotatable bonds is 38. The first-order valence-electron chi connectivity index (χ1n) is 24.6. The first-order chi connectivity index (χ1) is 30.0. The number of carbonyl (C=O) groups excluding carboxylic acids is 2. The Balaban J connectivity index is 1.74. The first kappa shape index (κ1) is 56.6. The summed E-state index contributed by atoms with van der Waals surface area (Å²) in [6, 6.07) is 0. The molecule has 0 aromatic heterocycles. The molecule has 0 aromatic carbocycles. The number of hydrogen-bond donors (Lipinski definition) is 7. The number of aliphatic hydroxyl groups is 7. The van der Waals surface area contributed by atoms with Crippen molar-refractivity contribution in [3.05, 3.63) is 0 Å². The Morgan fingerprint density at radius 3 is 1.26 bits per heavy atom. The topological polar surface area (TPSA) is 231 Å². The van der Waals surface area contributed by atoms with Gasteiger partial charge >= 0.3 is 11.9 Å². The summed E-state index contributed by atoms with van der Waals surface area (Å²) in [5.74, 6) is -0.920. The van der Waals surface area contributed by atoms with Gasteiger partial charge in [0.2, 0.25) is 0 Å². The lowest BCUT2D eigenvalue weighted by molar-refractivity contribution is -0.332. The average Bonchev–Trinajstić information content (AvgIpc) is 3.26. The first-order valence-corrected chi connectivity index (χ1v) is 24.6. The van der Waals surface area contributed by atoms with Crippen LogP contribution in [0, 0.1) is 0 Å². The van der Waals surface area contributed by atoms with Gasteiger partial charge in [0, 0.05) is 12.8 Å². The minimum absolute atomic E-state index is 0.169. The fourth-order valence-electron chi connectivity index (χ4n) is 7.98. The second kappa shape index (κ2) is 35.7. The minimum atomic E-state index is -1.76. The van der Waals surface area contributed by atoms with E-state index in [0.717, 1.165) is 51.4 Å². The summed E-state index contributed by atoms with van der Waals surface area (Å²) in [7, 11) is 0. The van der Waals surface area contributed by atoms with E-state index in [2.05, 4.69) is 13.8 Å². The van der Waals surface area contributed by atoms with Crippen molar-refractivity contribution >= 4 is 11.9 Å². The molecular formula is C47H88O15. The van der Waals surface area contributed by atoms with Gasteiger partial charge in [-0.15, -0.1) is 0 Å². The molecule has 0 aliphatic carbocycles. The lowest BCUT2D eigenvalue weighted by atomic mass is 9.98. The smallest absolute Gasteiger partial charge is 0.306 e. The summed E-state index contributed by atoms with van der Waals surface area (Å²) in [5.41, 5.74) is 0. The lowest BCUT2D eigenvalue weighted by Crippen LogP contribution is -2.61. The molecule has 0 saturated carbocycles. The zero-order valence-corrected chi connectivity index (χ0v) is 38.4. The minimum Gasteiger partial charge on any atom is -0.462 e. The van der Waals surface area contributed by atoms with Gasteiger partial charge in [-0.1, -0.05) is 168 Å².